The maximum atomic E-state index is 13.8. The van der Waals surface area contributed by atoms with Crippen LogP contribution in [0, 0.1) is 5.82 Å². The molecule has 0 aliphatic carbocycles. The highest BCUT2D eigenvalue weighted by Crippen LogP contribution is 2.42. The number of ether oxygens (including phenoxy) is 3. The summed E-state index contributed by atoms with van der Waals surface area (Å²) in [6.07, 6.45) is 1.48. The summed E-state index contributed by atoms with van der Waals surface area (Å²) >= 11 is 7.11. The molecule has 0 saturated heterocycles. The van der Waals surface area contributed by atoms with E-state index in [1.54, 1.807) is 49.6 Å². The first-order valence-electron chi connectivity index (χ1n) is 14.2. The first-order valence-corrected chi connectivity index (χ1v) is 15.8. The molecule has 6 rings (SSSR count). The minimum absolute atomic E-state index is 0.190. The van der Waals surface area contributed by atoms with E-state index in [4.69, 9.17) is 23.6 Å². The van der Waals surface area contributed by atoms with Crippen LogP contribution in [0.5, 0.6) is 17.2 Å². The standard InChI is InChI=1S/C34H25Br2FN4O6/c1-3-45-27-15-19(30(35)31(36)32(27)46-18-29(42)39-21-13-11-20(37)12-14-21)17-38-41-33(40-24-8-5-4-7-22(24)34(41)43)28-16-23-25(44-2)9-6-10-26(23)47-28/h4-17H,3,18H2,1-2H3,(H,39,42). The minimum Gasteiger partial charge on any atom is -0.496 e. The zero-order valence-corrected chi connectivity index (χ0v) is 28.1. The van der Waals surface area contributed by atoms with Crippen molar-refractivity contribution in [2.24, 2.45) is 5.10 Å². The van der Waals surface area contributed by atoms with E-state index in [1.165, 1.54) is 35.2 Å². The zero-order valence-electron chi connectivity index (χ0n) is 24.9. The van der Waals surface area contributed by atoms with E-state index in [0.717, 1.165) is 5.39 Å². The fourth-order valence-corrected chi connectivity index (χ4v) is 5.73. The summed E-state index contributed by atoms with van der Waals surface area (Å²) in [6, 6.07) is 21.2. The van der Waals surface area contributed by atoms with Crippen molar-refractivity contribution in [3.63, 3.8) is 0 Å². The summed E-state index contributed by atoms with van der Waals surface area (Å²) in [7, 11) is 1.57. The molecule has 2 aromatic heterocycles. The number of nitrogens with zero attached hydrogens (tertiary/aromatic N) is 3. The smallest absolute Gasteiger partial charge is 0.282 e. The largest absolute Gasteiger partial charge is 0.496 e. The third kappa shape index (κ3) is 6.62. The number of amides is 1. The van der Waals surface area contributed by atoms with Crippen LogP contribution in [0.25, 0.3) is 33.5 Å². The third-order valence-electron chi connectivity index (χ3n) is 6.96. The zero-order chi connectivity index (χ0) is 33.1. The number of fused-ring (bicyclic) bond motifs is 2. The average molecular weight is 764 g/mol. The number of carbonyl (C=O) groups is 1. The number of rotatable bonds is 10. The van der Waals surface area contributed by atoms with Gasteiger partial charge in [0.1, 0.15) is 17.1 Å². The number of hydrogen-bond acceptors (Lipinski definition) is 8. The SMILES string of the molecule is CCOc1cc(C=Nn2c(-c3cc4c(OC)cccc4o3)nc3ccccc3c2=O)c(Br)c(Br)c1OCC(=O)Nc1ccc(F)cc1. The molecular weight excluding hydrogens is 739 g/mol. The summed E-state index contributed by atoms with van der Waals surface area (Å²) in [5.74, 6) is 0.859. The monoisotopic (exact) mass is 762 g/mol. The first kappa shape index (κ1) is 32.0. The van der Waals surface area contributed by atoms with E-state index in [-0.39, 0.29) is 18.2 Å². The predicted octanol–water partition coefficient (Wildman–Crippen LogP) is 7.78. The highest BCUT2D eigenvalue weighted by atomic mass is 79.9. The van der Waals surface area contributed by atoms with Crippen LogP contribution >= 0.6 is 31.9 Å². The molecule has 0 saturated carbocycles. The molecule has 13 heteroatoms. The van der Waals surface area contributed by atoms with Gasteiger partial charge in [-0.3, -0.25) is 9.59 Å². The van der Waals surface area contributed by atoms with Gasteiger partial charge in [-0.25, -0.2) is 9.37 Å². The van der Waals surface area contributed by atoms with Crippen molar-refractivity contribution >= 4 is 71.5 Å². The van der Waals surface area contributed by atoms with Gasteiger partial charge in [0.15, 0.2) is 23.9 Å². The second-order valence-corrected chi connectivity index (χ2v) is 11.6. The van der Waals surface area contributed by atoms with Gasteiger partial charge in [-0.1, -0.05) is 18.2 Å². The molecule has 0 spiro atoms. The number of anilines is 1. The molecule has 0 aliphatic heterocycles. The molecule has 2 heterocycles. The Bertz CT molecular complexity index is 2220. The lowest BCUT2D eigenvalue weighted by Crippen LogP contribution is -2.21. The molecule has 0 fully saturated rings. The van der Waals surface area contributed by atoms with Gasteiger partial charge in [-0.05, 0) is 99.4 Å². The van der Waals surface area contributed by atoms with E-state index < -0.39 is 17.3 Å². The number of benzene rings is 4. The molecule has 238 valence electrons. The molecule has 0 unspecified atom stereocenters. The van der Waals surface area contributed by atoms with E-state index in [0.29, 0.717) is 60.5 Å². The van der Waals surface area contributed by atoms with Crippen LogP contribution in [0.3, 0.4) is 0 Å². The van der Waals surface area contributed by atoms with Crippen LogP contribution in [0.15, 0.2) is 102 Å². The lowest BCUT2D eigenvalue weighted by molar-refractivity contribution is -0.118. The Labute approximate surface area is 284 Å². The highest BCUT2D eigenvalue weighted by molar-refractivity contribution is 9.13. The minimum atomic E-state index is -0.452. The number of hydrogen-bond donors (Lipinski definition) is 1. The normalized spacial score (nSPS) is 11.3. The molecule has 47 heavy (non-hydrogen) atoms. The van der Waals surface area contributed by atoms with Crippen molar-refractivity contribution in [3.8, 4) is 28.8 Å². The number of aromatic nitrogens is 2. The number of halogens is 3. The molecule has 0 radical (unpaired) electrons. The predicted molar refractivity (Wildman–Crippen MR) is 184 cm³/mol. The number of para-hydroxylation sites is 1. The van der Waals surface area contributed by atoms with Gasteiger partial charge >= 0.3 is 0 Å². The van der Waals surface area contributed by atoms with Crippen molar-refractivity contribution in [1.29, 1.82) is 0 Å². The molecule has 6 aromatic rings. The Hall–Kier alpha value is -5.01. The third-order valence-corrected chi connectivity index (χ3v) is 9.10. The molecule has 1 amide bonds. The fraction of sp³-hybridized carbons (Fsp3) is 0.118. The number of furan rings is 1. The highest BCUT2D eigenvalue weighted by Gasteiger charge is 2.20. The Morgan fingerprint density at radius 2 is 1.79 bits per heavy atom. The van der Waals surface area contributed by atoms with E-state index in [9.17, 15) is 14.0 Å². The lowest BCUT2D eigenvalue weighted by atomic mass is 10.2. The molecule has 1 N–H and O–H groups in total. The van der Waals surface area contributed by atoms with Gasteiger partial charge in [-0.15, -0.1) is 0 Å². The maximum absolute atomic E-state index is 13.8. The number of nitrogens with one attached hydrogen (secondary N) is 1. The number of methoxy groups -OCH3 is 1. The lowest BCUT2D eigenvalue weighted by Gasteiger charge is -2.16. The Morgan fingerprint density at radius 1 is 1.00 bits per heavy atom. The second kappa shape index (κ2) is 13.8. The van der Waals surface area contributed by atoms with Crippen LogP contribution in [-0.4, -0.2) is 42.1 Å². The van der Waals surface area contributed by atoms with E-state index in [1.807, 2.05) is 19.1 Å². The summed E-state index contributed by atoms with van der Waals surface area (Å²) in [6.45, 7) is 1.76. The molecule has 0 atom stereocenters. The fourth-order valence-electron chi connectivity index (χ4n) is 4.80. The topological polar surface area (TPSA) is 117 Å². The van der Waals surface area contributed by atoms with Gasteiger partial charge < -0.3 is 23.9 Å². The van der Waals surface area contributed by atoms with E-state index in [2.05, 4.69) is 42.3 Å². The van der Waals surface area contributed by atoms with Gasteiger partial charge in [0.25, 0.3) is 11.5 Å². The molecule has 10 nitrogen and oxygen atoms in total. The quantitative estimate of drug-likeness (QED) is 0.142. The second-order valence-electron chi connectivity index (χ2n) is 9.99. The summed E-state index contributed by atoms with van der Waals surface area (Å²) in [5, 5.41) is 8.31. The number of carbonyl (C=O) groups excluding carboxylic acids is 1. The van der Waals surface area contributed by atoms with Crippen LogP contribution < -0.4 is 25.1 Å². The molecular formula is C34H25Br2FN4O6. The Balaban J connectivity index is 1.37. The van der Waals surface area contributed by atoms with Gasteiger partial charge in [0, 0.05) is 15.7 Å². The van der Waals surface area contributed by atoms with Gasteiger partial charge in [0.2, 0.25) is 5.82 Å². The average Bonchev–Trinajstić information content (AvgIpc) is 3.52. The van der Waals surface area contributed by atoms with Crippen LogP contribution in [0.2, 0.25) is 0 Å². The van der Waals surface area contributed by atoms with Crippen molar-refractivity contribution in [1.82, 2.24) is 9.66 Å². The molecule has 4 aromatic carbocycles. The van der Waals surface area contributed by atoms with Gasteiger partial charge in [-0.2, -0.15) is 9.78 Å². The maximum Gasteiger partial charge on any atom is 0.282 e. The van der Waals surface area contributed by atoms with Crippen molar-refractivity contribution < 1.29 is 27.8 Å². The first-order chi connectivity index (χ1) is 22.8. The molecule has 0 aliphatic rings. The molecule has 0 bridgehead atoms. The Kier molecular flexibility index (Phi) is 9.36. The van der Waals surface area contributed by atoms with Crippen LogP contribution in [-0.2, 0) is 4.79 Å². The van der Waals surface area contributed by atoms with Crippen LogP contribution in [0.4, 0.5) is 10.1 Å². The van der Waals surface area contributed by atoms with Crippen LogP contribution in [0.1, 0.15) is 12.5 Å². The van der Waals surface area contributed by atoms with E-state index >= 15 is 0 Å². The summed E-state index contributed by atoms with van der Waals surface area (Å²) in [4.78, 5) is 31.1. The summed E-state index contributed by atoms with van der Waals surface area (Å²) < 4.78 is 38.7. The Morgan fingerprint density at radius 3 is 2.55 bits per heavy atom. The van der Waals surface area contributed by atoms with Crippen molar-refractivity contribution in [3.05, 3.63) is 110 Å². The summed E-state index contributed by atoms with van der Waals surface area (Å²) in [5.41, 5.74) is 1.60. The van der Waals surface area contributed by atoms with Crippen molar-refractivity contribution in [2.75, 3.05) is 25.6 Å². The van der Waals surface area contributed by atoms with Gasteiger partial charge in [0.05, 0.1) is 40.7 Å². The van der Waals surface area contributed by atoms with Crippen molar-refractivity contribution in [2.45, 2.75) is 6.92 Å².